The van der Waals surface area contributed by atoms with Crippen LogP contribution >= 0.6 is 11.3 Å². The second-order valence-electron chi connectivity index (χ2n) is 4.46. The lowest BCUT2D eigenvalue weighted by Gasteiger charge is -2.04. The average Bonchev–Trinajstić information content (AvgIpc) is 2.89. The van der Waals surface area contributed by atoms with Crippen LogP contribution in [0, 0.1) is 11.3 Å². The summed E-state index contributed by atoms with van der Waals surface area (Å²) in [6.07, 6.45) is 3.29. The molecule has 20 heavy (non-hydrogen) atoms. The molecule has 0 spiro atoms. The molecule has 1 N–H and O–H groups in total. The van der Waals surface area contributed by atoms with Crippen LogP contribution in [0.5, 0.6) is 0 Å². The summed E-state index contributed by atoms with van der Waals surface area (Å²) in [7, 11) is 0. The molecule has 4 nitrogen and oxygen atoms in total. The Bertz CT molecular complexity index is 768. The van der Waals surface area contributed by atoms with Crippen LogP contribution in [0.2, 0.25) is 0 Å². The lowest BCUT2D eigenvalue weighted by Crippen LogP contribution is -1.99. The molecule has 0 aliphatic heterocycles. The first-order chi connectivity index (χ1) is 9.69. The highest BCUT2D eigenvalue weighted by molar-refractivity contribution is 7.16. The van der Waals surface area contributed by atoms with Gasteiger partial charge in [-0.3, -0.25) is 0 Å². The van der Waals surface area contributed by atoms with E-state index >= 15 is 0 Å². The summed E-state index contributed by atoms with van der Waals surface area (Å²) in [5.41, 5.74) is 2.58. The minimum Gasteiger partial charge on any atom is -0.478 e. The zero-order valence-electron chi connectivity index (χ0n) is 10.5. The fraction of sp³-hybridized carbons (Fsp3) is 0.133. The summed E-state index contributed by atoms with van der Waals surface area (Å²) in [6, 6.07) is 9.02. The summed E-state index contributed by atoms with van der Waals surface area (Å²) >= 11 is 1.44. The Kier molecular flexibility index (Phi) is 3.09. The van der Waals surface area contributed by atoms with E-state index in [0.717, 1.165) is 22.6 Å². The second-order valence-corrected chi connectivity index (χ2v) is 5.49. The highest BCUT2D eigenvalue weighted by atomic mass is 32.1. The second kappa shape index (κ2) is 4.91. The van der Waals surface area contributed by atoms with Gasteiger partial charge in [-0.05, 0) is 25.0 Å². The summed E-state index contributed by atoms with van der Waals surface area (Å²) in [4.78, 5) is 16.8. The van der Waals surface area contributed by atoms with Gasteiger partial charge in [-0.2, -0.15) is 5.26 Å². The number of hydrogen-bond donors (Lipinski definition) is 1. The predicted molar refractivity (Wildman–Crippen MR) is 76.4 cm³/mol. The van der Waals surface area contributed by atoms with Crippen molar-refractivity contribution in [2.75, 3.05) is 0 Å². The van der Waals surface area contributed by atoms with Gasteiger partial charge in [0.15, 0.2) is 0 Å². The SMILES string of the molecule is N#CC1=Cc2sc(-c3ccccc3C(=O)O)nc2CC1. The van der Waals surface area contributed by atoms with E-state index in [2.05, 4.69) is 11.1 Å². The molecule has 0 unspecified atom stereocenters. The lowest BCUT2D eigenvalue weighted by atomic mass is 10.0. The van der Waals surface area contributed by atoms with Crippen molar-refractivity contribution in [3.63, 3.8) is 0 Å². The molecular formula is C15H10N2O2S. The number of aryl methyl sites for hydroxylation is 1. The van der Waals surface area contributed by atoms with E-state index in [0.29, 0.717) is 17.0 Å². The molecule has 0 saturated heterocycles. The van der Waals surface area contributed by atoms with Crippen molar-refractivity contribution >= 4 is 23.4 Å². The average molecular weight is 282 g/mol. The molecule has 0 atom stereocenters. The van der Waals surface area contributed by atoms with Crippen LogP contribution in [-0.2, 0) is 6.42 Å². The number of aromatic carboxylic acids is 1. The standard InChI is InChI=1S/C15H10N2O2S/c16-8-9-5-6-12-13(7-9)20-14(17-12)10-3-1-2-4-11(10)15(18)19/h1-4,7H,5-6H2,(H,18,19). The van der Waals surface area contributed by atoms with E-state index in [1.54, 1.807) is 24.3 Å². The number of aromatic nitrogens is 1. The van der Waals surface area contributed by atoms with Gasteiger partial charge in [0.05, 0.1) is 22.2 Å². The van der Waals surface area contributed by atoms with E-state index in [1.807, 2.05) is 6.08 Å². The Morgan fingerprint density at radius 1 is 1.35 bits per heavy atom. The molecule has 0 amide bonds. The van der Waals surface area contributed by atoms with Crippen molar-refractivity contribution in [1.82, 2.24) is 4.98 Å². The Balaban J connectivity index is 2.11. The number of nitrogens with zero attached hydrogens (tertiary/aromatic N) is 2. The van der Waals surface area contributed by atoms with E-state index < -0.39 is 5.97 Å². The van der Waals surface area contributed by atoms with Crippen molar-refractivity contribution in [3.8, 4) is 16.6 Å². The molecular weight excluding hydrogens is 272 g/mol. The van der Waals surface area contributed by atoms with Gasteiger partial charge in [0.1, 0.15) is 5.01 Å². The van der Waals surface area contributed by atoms with E-state index in [-0.39, 0.29) is 5.56 Å². The number of benzene rings is 1. The maximum atomic E-state index is 11.3. The van der Waals surface area contributed by atoms with Gasteiger partial charge in [0.25, 0.3) is 0 Å². The fourth-order valence-corrected chi connectivity index (χ4v) is 3.32. The minimum atomic E-state index is -0.956. The number of hydrogen-bond acceptors (Lipinski definition) is 4. The zero-order chi connectivity index (χ0) is 14.1. The minimum absolute atomic E-state index is 0.253. The number of carbonyl (C=O) groups is 1. The lowest BCUT2D eigenvalue weighted by molar-refractivity contribution is 0.0697. The van der Waals surface area contributed by atoms with Crippen molar-refractivity contribution < 1.29 is 9.90 Å². The van der Waals surface area contributed by atoms with Crippen molar-refractivity contribution in [1.29, 1.82) is 5.26 Å². The summed E-state index contributed by atoms with van der Waals surface area (Å²) in [5.74, 6) is -0.956. The van der Waals surface area contributed by atoms with Crippen LogP contribution in [0.25, 0.3) is 16.6 Å². The molecule has 0 saturated carbocycles. The first-order valence-corrected chi connectivity index (χ1v) is 6.94. The first kappa shape index (κ1) is 12.6. The molecule has 0 bridgehead atoms. The number of carboxylic acids is 1. The highest BCUT2D eigenvalue weighted by Crippen LogP contribution is 2.35. The smallest absolute Gasteiger partial charge is 0.336 e. The molecule has 1 aliphatic rings. The zero-order valence-corrected chi connectivity index (χ0v) is 11.3. The van der Waals surface area contributed by atoms with Crippen LogP contribution in [0.1, 0.15) is 27.3 Å². The molecule has 98 valence electrons. The van der Waals surface area contributed by atoms with E-state index in [4.69, 9.17) is 5.26 Å². The Labute approximate surface area is 119 Å². The summed E-state index contributed by atoms with van der Waals surface area (Å²) in [5, 5.41) is 18.9. The Morgan fingerprint density at radius 3 is 2.90 bits per heavy atom. The number of allylic oxidation sites excluding steroid dienone is 1. The molecule has 1 aromatic heterocycles. The number of fused-ring (bicyclic) bond motifs is 1. The molecule has 0 fully saturated rings. The Hall–Kier alpha value is -2.45. The van der Waals surface area contributed by atoms with Gasteiger partial charge in [0, 0.05) is 11.1 Å². The van der Waals surface area contributed by atoms with Gasteiger partial charge in [0.2, 0.25) is 0 Å². The normalized spacial score (nSPS) is 13.2. The van der Waals surface area contributed by atoms with Crippen molar-refractivity contribution in [2.24, 2.45) is 0 Å². The number of nitriles is 1. The van der Waals surface area contributed by atoms with Crippen LogP contribution < -0.4 is 0 Å². The Morgan fingerprint density at radius 2 is 2.15 bits per heavy atom. The summed E-state index contributed by atoms with van der Waals surface area (Å²) < 4.78 is 0. The fourth-order valence-electron chi connectivity index (χ4n) is 2.20. The molecule has 5 heteroatoms. The van der Waals surface area contributed by atoms with Gasteiger partial charge in [-0.15, -0.1) is 11.3 Å². The molecule has 0 radical (unpaired) electrons. The third-order valence-electron chi connectivity index (χ3n) is 3.20. The van der Waals surface area contributed by atoms with Crippen LogP contribution in [-0.4, -0.2) is 16.1 Å². The van der Waals surface area contributed by atoms with Crippen LogP contribution in [0.4, 0.5) is 0 Å². The monoisotopic (exact) mass is 282 g/mol. The third-order valence-corrected chi connectivity index (χ3v) is 4.27. The molecule has 2 aromatic rings. The van der Waals surface area contributed by atoms with Crippen molar-refractivity contribution in [3.05, 3.63) is 46.0 Å². The largest absolute Gasteiger partial charge is 0.478 e. The topological polar surface area (TPSA) is 74.0 Å². The third kappa shape index (κ3) is 2.10. The quantitative estimate of drug-likeness (QED) is 0.916. The number of thiazole rings is 1. The first-order valence-electron chi connectivity index (χ1n) is 6.12. The van der Waals surface area contributed by atoms with Crippen LogP contribution in [0.15, 0.2) is 29.8 Å². The van der Waals surface area contributed by atoms with Gasteiger partial charge < -0.3 is 5.11 Å². The van der Waals surface area contributed by atoms with Crippen LogP contribution in [0.3, 0.4) is 0 Å². The molecule has 1 aromatic carbocycles. The van der Waals surface area contributed by atoms with Crippen molar-refractivity contribution in [2.45, 2.75) is 12.8 Å². The van der Waals surface area contributed by atoms with Gasteiger partial charge in [-0.1, -0.05) is 18.2 Å². The number of carboxylic acid groups (broad SMARTS) is 1. The highest BCUT2D eigenvalue weighted by Gasteiger charge is 2.19. The van der Waals surface area contributed by atoms with Gasteiger partial charge >= 0.3 is 5.97 Å². The number of rotatable bonds is 2. The maximum absolute atomic E-state index is 11.3. The molecule has 1 aliphatic carbocycles. The molecule has 1 heterocycles. The predicted octanol–water partition coefficient (Wildman–Crippen LogP) is 3.36. The van der Waals surface area contributed by atoms with E-state index in [1.165, 1.54) is 11.3 Å². The molecule has 3 rings (SSSR count). The van der Waals surface area contributed by atoms with E-state index in [9.17, 15) is 9.90 Å². The summed E-state index contributed by atoms with van der Waals surface area (Å²) in [6.45, 7) is 0. The van der Waals surface area contributed by atoms with Gasteiger partial charge in [-0.25, -0.2) is 9.78 Å². The maximum Gasteiger partial charge on any atom is 0.336 e.